The first kappa shape index (κ1) is 17.9. The van der Waals surface area contributed by atoms with E-state index in [0.29, 0.717) is 17.1 Å². The predicted octanol–water partition coefficient (Wildman–Crippen LogP) is 5.10. The van der Waals surface area contributed by atoms with E-state index in [9.17, 15) is 4.79 Å². The Morgan fingerprint density at radius 2 is 1.95 bits per heavy atom. The number of rotatable bonds is 8. The topological polar surface area (TPSA) is 115 Å². The van der Waals surface area contributed by atoms with E-state index in [1.807, 2.05) is 13.8 Å². The van der Waals surface area contributed by atoms with Crippen molar-refractivity contribution < 1.29 is 4.79 Å². The number of Topliss-reactive ketones (excluding diaryl/α,β-unsaturated/α-hetero) is 1. The molecule has 0 saturated heterocycles. The summed E-state index contributed by atoms with van der Waals surface area (Å²) in [5.41, 5.74) is 17.8. The SMILES string of the molecule is CC(C)(CCc1ccc(C(=O)CN=[N+]=[N-])cc1Cl)CN=[N+]=[N-]. The molecule has 0 aliphatic heterocycles. The first-order valence-corrected chi connectivity index (χ1v) is 7.11. The molecule has 0 amide bonds. The first-order chi connectivity index (χ1) is 10.4. The number of halogens is 1. The van der Waals surface area contributed by atoms with Crippen molar-refractivity contribution in [2.45, 2.75) is 26.7 Å². The maximum atomic E-state index is 11.7. The number of carbonyl (C=O) groups excluding carboxylic acids is 1. The Kier molecular flexibility index (Phi) is 6.73. The summed E-state index contributed by atoms with van der Waals surface area (Å²) in [5, 5.41) is 7.36. The Morgan fingerprint density at radius 3 is 2.55 bits per heavy atom. The van der Waals surface area contributed by atoms with Crippen molar-refractivity contribution >= 4 is 17.4 Å². The third-order valence-corrected chi connectivity index (χ3v) is 3.64. The van der Waals surface area contributed by atoms with Crippen molar-refractivity contribution in [3.8, 4) is 0 Å². The third kappa shape index (κ3) is 5.66. The van der Waals surface area contributed by atoms with Crippen LogP contribution < -0.4 is 0 Å². The number of azide groups is 2. The summed E-state index contributed by atoms with van der Waals surface area (Å²) in [5.74, 6) is -0.269. The van der Waals surface area contributed by atoms with Gasteiger partial charge in [-0.05, 0) is 40.9 Å². The van der Waals surface area contributed by atoms with E-state index in [1.165, 1.54) is 0 Å². The highest BCUT2D eigenvalue weighted by Crippen LogP contribution is 2.27. The van der Waals surface area contributed by atoms with Gasteiger partial charge in [-0.2, -0.15) is 0 Å². The van der Waals surface area contributed by atoms with Crippen molar-refractivity contribution in [2.24, 2.45) is 15.6 Å². The van der Waals surface area contributed by atoms with Gasteiger partial charge < -0.3 is 0 Å². The molecule has 1 aromatic carbocycles. The molecule has 7 nitrogen and oxygen atoms in total. The Balaban J connectivity index is 2.76. The lowest BCUT2D eigenvalue weighted by molar-refractivity contribution is 0.100. The van der Waals surface area contributed by atoms with Crippen LogP contribution in [-0.4, -0.2) is 18.9 Å². The molecule has 0 aromatic heterocycles. The second-order valence-corrected chi connectivity index (χ2v) is 6.08. The molecule has 22 heavy (non-hydrogen) atoms. The van der Waals surface area contributed by atoms with Crippen molar-refractivity contribution in [3.63, 3.8) is 0 Å². The van der Waals surface area contributed by atoms with Crippen LogP contribution in [0.4, 0.5) is 0 Å². The zero-order valence-electron chi connectivity index (χ0n) is 12.5. The van der Waals surface area contributed by atoms with Crippen LogP contribution in [0.1, 0.15) is 36.2 Å². The second-order valence-electron chi connectivity index (χ2n) is 5.67. The maximum Gasteiger partial charge on any atom is 0.168 e. The summed E-state index contributed by atoms with van der Waals surface area (Å²) in [4.78, 5) is 17.1. The first-order valence-electron chi connectivity index (χ1n) is 6.73. The highest BCUT2D eigenvalue weighted by atomic mass is 35.5. The third-order valence-electron chi connectivity index (χ3n) is 3.29. The normalized spacial score (nSPS) is 10.5. The van der Waals surface area contributed by atoms with E-state index in [1.54, 1.807) is 18.2 Å². The number of benzene rings is 1. The molecule has 0 unspecified atom stereocenters. The van der Waals surface area contributed by atoms with Gasteiger partial charge in [-0.25, -0.2) is 0 Å². The molecule has 0 bridgehead atoms. The molecule has 0 aliphatic rings. The number of nitrogens with zero attached hydrogens (tertiary/aromatic N) is 6. The average Bonchev–Trinajstić information content (AvgIpc) is 2.49. The summed E-state index contributed by atoms with van der Waals surface area (Å²) in [6, 6.07) is 5.07. The molecule has 0 radical (unpaired) electrons. The number of hydrogen-bond donors (Lipinski definition) is 0. The standard InChI is InChI=1S/C14H17ClN6O/c1-14(2,9-19-21-17)6-5-10-3-4-11(7-12(10)15)13(22)8-18-20-16/h3-4,7H,5-6,8-9H2,1-2H3. The van der Waals surface area contributed by atoms with Gasteiger partial charge in [0.1, 0.15) is 0 Å². The quantitative estimate of drug-likeness (QED) is 0.282. The molecule has 0 saturated carbocycles. The summed E-state index contributed by atoms with van der Waals surface area (Å²) in [6.07, 6.45) is 1.52. The Bertz CT molecular complexity index is 645. The van der Waals surface area contributed by atoms with E-state index < -0.39 is 0 Å². The van der Waals surface area contributed by atoms with Crippen molar-refractivity contribution in [1.29, 1.82) is 0 Å². The van der Waals surface area contributed by atoms with Crippen LogP contribution in [0.15, 0.2) is 28.4 Å². The minimum absolute atomic E-state index is 0.119. The van der Waals surface area contributed by atoms with Gasteiger partial charge in [0.05, 0.1) is 6.54 Å². The molecule has 1 rings (SSSR count). The number of aryl methyl sites for hydroxylation is 1. The molecule has 0 aliphatic carbocycles. The van der Waals surface area contributed by atoms with Crippen molar-refractivity contribution in [3.05, 3.63) is 55.2 Å². The summed E-state index contributed by atoms with van der Waals surface area (Å²) < 4.78 is 0. The highest BCUT2D eigenvalue weighted by Gasteiger charge is 2.17. The molecule has 0 N–H and O–H groups in total. The molecule has 8 heteroatoms. The van der Waals surface area contributed by atoms with Gasteiger partial charge in [0.2, 0.25) is 0 Å². The molecule has 0 atom stereocenters. The van der Waals surface area contributed by atoms with Crippen LogP contribution in [0.3, 0.4) is 0 Å². The van der Waals surface area contributed by atoms with Crippen LogP contribution in [0.5, 0.6) is 0 Å². The molecular weight excluding hydrogens is 304 g/mol. The van der Waals surface area contributed by atoms with Gasteiger partial charge in [0.15, 0.2) is 5.78 Å². The molecular formula is C14H17ClN6O. The highest BCUT2D eigenvalue weighted by molar-refractivity contribution is 6.31. The lowest BCUT2D eigenvalue weighted by Gasteiger charge is -2.22. The minimum atomic E-state index is -0.269. The summed E-state index contributed by atoms with van der Waals surface area (Å²) in [6.45, 7) is 4.25. The molecule has 0 heterocycles. The molecule has 0 fully saturated rings. The van der Waals surface area contributed by atoms with Crippen LogP contribution in [0, 0.1) is 5.41 Å². The van der Waals surface area contributed by atoms with Gasteiger partial charge in [-0.3, -0.25) is 4.79 Å². The van der Waals surface area contributed by atoms with E-state index in [-0.39, 0.29) is 17.7 Å². The van der Waals surface area contributed by atoms with Gasteiger partial charge in [-0.1, -0.05) is 47.8 Å². The minimum Gasteiger partial charge on any atom is -0.294 e. The van der Waals surface area contributed by atoms with E-state index in [0.717, 1.165) is 18.4 Å². The summed E-state index contributed by atoms with van der Waals surface area (Å²) >= 11 is 6.20. The maximum absolute atomic E-state index is 11.7. The monoisotopic (exact) mass is 320 g/mol. The Labute approximate surface area is 133 Å². The Morgan fingerprint density at radius 1 is 1.27 bits per heavy atom. The molecule has 0 spiro atoms. The van der Waals surface area contributed by atoms with E-state index in [2.05, 4.69) is 20.1 Å². The average molecular weight is 321 g/mol. The Hall–Kier alpha value is -2.20. The van der Waals surface area contributed by atoms with E-state index >= 15 is 0 Å². The lowest BCUT2D eigenvalue weighted by atomic mass is 9.86. The van der Waals surface area contributed by atoms with Crippen LogP contribution in [0.25, 0.3) is 20.9 Å². The fourth-order valence-electron chi connectivity index (χ4n) is 1.89. The van der Waals surface area contributed by atoms with Gasteiger partial charge in [0, 0.05) is 27.0 Å². The van der Waals surface area contributed by atoms with Crippen LogP contribution in [0.2, 0.25) is 5.02 Å². The van der Waals surface area contributed by atoms with Gasteiger partial charge in [-0.15, -0.1) is 0 Å². The second kappa shape index (κ2) is 8.29. The zero-order chi connectivity index (χ0) is 16.6. The van der Waals surface area contributed by atoms with Gasteiger partial charge >= 0.3 is 0 Å². The van der Waals surface area contributed by atoms with Crippen molar-refractivity contribution in [2.75, 3.05) is 13.1 Å². The van der Waals surface area contributed by atoms with E-state index in [4.69, 9.17) is 22.7 Å². The molecule has 116 valence electrons. The number of hydrogen-bond acceptors (Lipinski definition) is 3. The number of ketones is 1. The van der Waals surface area contributed by atoms with Gasteiger partial charge in [0.25, 0.3) is 0 Å². The zero-order valence-corrected chi connectivity index (χ0v) is 13.3. The van der Waals surface area contributed by atoms with Crippen LogP contribution in [-0.2, 0) is 6.42 Å². The molecule has 1 aromatic rings. The largest absolute Gasteiger partial charge is 0.294 e. The fourth-order valence-corrected chi connectivity index (χ4v) is 2.16. The lowest BCUT2D eigenvalue weighted by Crippen LogP contribution is -2.16. The fraction of sp³-hybridized carbons (Fsp3) is 0.500. The van der Waals surface area contributed by atoms with Crippen molar-refractivity contribution in [1.82, 2.24) is 0 Å². The summed E-state index contributed by atoms with van der Waals surface area (Å²) in [7, 11) is 0. The van der Waals surface area contributed by atoms with Crippen LogP contribution >= 0.6 is 11.6 Å². The number of carbonyl (C=O) groups is 1. The predicted molar refractivity (Wildman–Crippen MR) is 85.9 cm³/mol. The smallest absolute Gasteiger partial charge is 0.168 e.